The Morgan fingerprint density at radius 1 is 1.21 bits per heavy atom. The number of hydrogen-bond acceptors (Lipinski definition) is 4. The first kappa shape index (κ1) is 12.9. The Kier molecular flexibility index (Phi) is 7.78. The maximum absolute atomic E-state index is 10.7. The van der Waals surface area contributed by atoms with Crippen molar-refractivity contribution >= 4 is 5.97 Å². The normalized spacial score (nSPS) is 9.79. The summed E-state index contributed by atoms with van der Waals surface area (Å²) in [6.07, 6.45) is 6.40. The number of unbranched alkanes of at least 4 members (excludes halogenated alkanes) is 5. The molecule has 0 aliphatic heterocycles. The van der Waals surface area contributed by atoms with Crippen LogP contribution in [0.15, 0.2) is 0 Å². The highest BCUT2D eigenvalue weighted by molar-refractivity contribution is 5.68. The molecule has 0 aromatic carbocycles. The van der Waals surface area contributed by atoms with Gasteiger partial charge in [0.25, 0.3) is 0 Å². The average Bonchev–Trinajstić information content (AvgIpc) is 2.10. The van der Waals surface area contributed by atoms with Gasteiger partial charge in [-0.3, -0.25) is 4.79 Å². The zero-order valence-electron chi connectivity index (χ0n) is 8.53. The Hall–Kier alpha value is -1.13. The molecule has 0 bridgehead atoms. The van der Waals surface area contributed by atoms with Gasteiger partial charge in [0, 0.05) is 6.42 Å². The van der Waals surface area contributed by atoms with E-state index >= 15 is 0 Å². The van der Waals surface area contributed by atoms with Crippen LogP contribution in [-0.4, -0.2) is 11.1 Å². The van der Waals surface area contributed by atoms with Gasteiger partial charge in [-0.2, -0.15) is 0 Å². The third kappa shape index (κ3) is 8.96. The number of carbonyl (C=O) groups is 1. The molecular formula is C9H17NO4. The lowest BCUT2D eigenvalue weighted by Crippen LogP contribution is -2.09. The van der Waals surface area contributed by atoms with Crippen molar-refractivity contribution in [3.8, 4) is 0 Å². The lowest BCUT2D eigenvalue weighted by Gasteiger charge is -1.99. The van der Waals surface area contributed by atoms with Crippen molar-refractivity contribution < 1.29 is 14.7 Å². The summed E-state index contributed by atoms with van der Waals surface area (Å²) in [6, 6.07) is 0. The Bertz CT molecular complexity index is 182. The number of carbonyl (C=O) groups excluding carboxylic acids is 1. The van der Waals surface area contributed by atoms with Crippen molar-refractivity contribution in [1.82, 2.24) is 0 Å². The largest absolute Gasteiger partial charge is 0.303 e. The van der Waals surface area contributed by atoms with E-state index in [9.17, 15) is 14.9 Å². The number of nitrogens with zero attached hydrogens (tertiary/aromatic N) is 1. The van der Waals surface area contributed by atoms with Crippen LogP contribution >= 0.6 is 0 Å². The van der Waals surface area contributed by atoms with E-state index in [1.165, 1.54) is 19.3 Å². The minimum Gasteiger partial charge on any atom is -0.268 e. The molecule has 5 nitrogen and oxygen atoms in total. The second-order valence-corrected chi connectivity index (χ2v) is 3.20. The molecule has 0 heterocycles. The molecule has 0 aliphatic carbocycles. The molecule has 0 amide bonds. The molecule has 5 heteroatoms. The summed E-state index contributed by atoms with van der Waals surface area (Å²) in [5.74, 6) is -0.745. The van der Waals surface area contributed by atoms with Gasteiger partial charge >= 0.3 is 11.1 Å². The van der Waals surface area contributed by atoms with E-state index in [0.29, 0.717) is 6.42 Å². The van der Waals surface area contributed by atoms with E-state index in [0.717, 1.165) is 12.8 Å². The fourth-order valence-corrected chi connectivity index (χ4v) is 1.18. The smallest absolute Gasteiger partial charge is 0.268 e. The Morgan fingerprint density at radius 3 is 2.36 bits per heavy atom. The fraction of sp³-hybridized carbons (Fsp3) is 0.889. The van der Waals surface area contributed by atoms with E-state index in [4.69, 9.17) is 0 Å². The topological polar surface area (TPSA) is 69.4 Å². The Morgan fingerprint density at radius 2 is 1.79 bits per heavy atom. The quantitative estimate of drug-likeness (QED) is 0.345. The molecular weight excluding hydrogens is 186 g/mol. The van der Waals surface area contributed by atoms with Crippen LogP contribution in [0.3, 0.4) is 0 Å². The third-order valence-electron chi connectivity index (χ3n) is 1.91. The molecule has 0 atom stereocenters. The van der Waals surface area contributed by atoms with Crippen molar-refractivity contribution in [1.29, 1.82) is 0 Å². The molecule has 0 rings (SSSR count). The standard InChI is InChI=1S/C9H17NO4/c1-2-3-4-5-6-7-8-9(11)14-10(12)13/h2-8H2,1H3. The second-order valence-electron chi connectivity index (χ2n) is 3.20. The first-order chi connectivity index (χ1) is 6.66. The average molecular weight is 203 g/mol. The van der Waals surface area contributed by atoms with Crippen LogP contribution in [0, 0.1) is 10.1 Å². The molecule has 0 aliphatic rings. The molecule has 0 aromatic rings. The van der Waals surface area contributed by atoms with Crippen LogP contribution in [0.1, 0.15) is 51.9 Å². The van der Waals surface area contributed by atoms with E-state index in [1.807, 2.05) is 0 Å². The van der Waals surface area contributed by atoms with Gasteiger partial charge in [-0.1, -0.05) is 39.0 Å². The summed E-state index contributed by atoms with van der Waals surface area (Å²) in [4.78, 5) is 24.2. The molecule has 0 radical (unpaired) electrons. The van der Waals surface area contributed by atoms with Gasteiger partial charge in [0.15, 0.2) is 0 Å². The van der Waals surface area contributed by atoms with E-state index < -0.39 is 11.1 Å². The van der Waals surface area contributed by atoms with Crippen molar-refractivity contribution in [3.05, 3.63) is 10.1 Å². The maximum atomic E-state index is 10.7. The summed E-state index contributed by atoms with van der Waals surface area (Å²) < 4.78 is 0. The zero-order chi connectivity index (χ0) is 10.8. The van der Waals surface area contributed by atoms with E-state index in [2.05, 4.69) is 11.8 Å². The maximum Gasteiger partial charge on any atom is 0.303 e. The molecule has 0 aromatic heterocycles. The SMILES string of the molecule is CCCCCCCCC(=O)O[N+](=O)[O-]. The molecule has 0 fully saturated rings. The first-order valence-electron chi connectivity index (χ1n) is 5.02. The third-order valence-corrected chi connectivity index (χ3v) is 1.91. The van der Waals surface area contributed by atoms with Crippen LogP contribution < -0.4 is 0 Å². The zero-order valence-corrected chi connectivity index (χ0v) is 8.53. The predicted molar refractivity (Wildman–Crippen MR) is 51.1 cm³/mol. The summed E-state index contributed by atoms with van der Waals surface area (Å²) in [5.41, 5.74) is 0. The van der Waals surface area contributed by atoms with E-state index in [1.54, 1.807) is 0 Å². The molecule has 0 unspecified atom stereocenters. The predicted octanol–water partition coefficient (Wildman–Crippen LogP) is 2.47. The van der Waals surface area contributed by atoms with Gasteiger partial charge in [-0.15, -0.1) is 10.1 Å². The summed E-state index contributed by atoms with van der Waals surface area (Å²) in [6.45, 7) is 2.13. The molecule has 0 N–H and O–H groups in total. The van der Waals surface area contributed by atoms with E-state index in [-0.39, 0.29) is 6.42 Å². The Labute approximate surface area is 83.5 Å². The number of rotatable bonds is 8. The molecule has 0 saturated carbocycles. The molecule has 0 spiro atoms. The highest BCUT2D eigenvalue weighted by Crippen LogP contribution is 2.07. The lowest BCUT2D eigenvalue weighted by molar-refractivity contribution is -0.729. The van der Waals surface area contributed by atoms with Gasteiger partial charge in [-0.25, -0.2) is 4.84 Å². The second kappa shape index (κ2) is 8.47. The minimum absolute atomic E-state index is 0.146. The van der Waals surface area contributed by atoms with Gasteiger partial charge in [0.05, 0.1) is 0 Å². The van der Waals surface area contributed by atoms with Gasteiger partial charge in [0.2, 0.25) is 0 Å². The number of hydrogen-bond donors (Lipinski definition) is 0. The fourth-order valence-electron chi connectivity index (χ4n) is 1.18. The Balaban J connectivity index is 3.19. The van der Waals surface area contributed by atoms with Crippen molar-refractivity contribution in [2.45, 2.75) is 51.9 Å². The highest BCUT2D eigenvalue weighted by atomic mass is 17.0. The summed E-state index contributed by atoms with van der Waals surface area (Å²) in [7, 11) is 0. The van der Waals surface area contributed by atoms with Crippen LogP contribution in [0.2, 0.25) is 0 Å². The van der Waals surface area contributed by atoms with Crippen LogP contribution in [0.5, 0.6) is 0 Å². The minimum atomic E-state index is -1.06. The van der Waals surface area contributed by atoms with Gasteiger partial charge < -0.3 is 0 Å². The van der Waals surface area contributed by atoms with Crippen molar-refractivity contribution in [2.75, 3.05) is 0 Å². The van der Waals surface area contributed by atoms with Crippen molar-refractivity contribution in [2.24, 2.45) is 0 Å². The summed E-state index contributed by atoms with van der Waals surface area (Å²) in [5, 5.41) is 8.69. The molecule has 82 valence electrons. The summed E-state index contributed by atoms with van der Waals surface area (Å²) >= 11 is 0. The van der Waals surface area contributed by atoms with Crippen molar-refractivity contribution in [3.63, 3.8) is 0 Å². The lowest BCUT2D eigenvalue weighted by atomic mass is 10.1. The van der Waals surface area contributed by atoms with Gasteiger partial charge in [-0.05, 0) is 6.42 Å². The van der Waals surface area contributed by atoms with Crippen LogP contribution in [0.4, 0.5) is 0 Å². The van der Waals surface area contributed by atoms with Gasteiger partial charge in [0.1, 0.15) is 0 Å². The molecule has 14 heavy (non-hydrogen) atoms. The highest BCUT2D eigenvalue weighted by Gasteiger charge is 2.05. The van der Waals surface area contributed by atoms with Crippen LogP contribution in [0.25, 0.3) is 0 Å². The van der Waals surface area contributed by atoms with Crippen LogP contribution in [-0.2, 0) is 9.63 Å². The first-order valence-corrected chi connectivity index (χ1v) is 5.02. The molecule has 0 saturated heterocycles. The monoisotopic (exact) mass is 203 g/mol.